The number of hydrogen-bond donors (Lipinski definition) is 3. The summed E-state index contributed by atoms with van der Waals surface area (Å²) >= 11 is 0. The number of hydrogen-bond acceptors (Lipinski definition) is 7. The predicted molar refractivity (Wildman–Crippen MR) is 264 cm³/mol. The number of imide groups is 1. The van der Waals surface area contributed by atoms with Crippen LogP contribution < -0.4 is 10.4 Å². The van der Waals surface area contributed by atoms with Crippen LogP contribution in [0.25, 0.3) is 0 Å². The van der Waals surface area contributed by atoms with Gasteiger partial charge in [-0.1, -0.05) is 177 Å². The molecule has 1 aliphatic heterocycles. The van der Waals surface area contributed by atoms with Gasteiger partial charge in [0, 0.05) is 67.5 Å². The number of likely N-dealkylation sites (tertiary alicyclic amines) is 1. The molecule has 11 nitrogen and oxygen atoms in total. The molecule has 61 heavy (non-hydrogen) atoms. The van der Waals surface area contributed by atoms with Crippen LogP contribution >= 0.6 is 0 Å². The second-order valence-corrected chi connectivity index (χ2v) is 12.6. The highest BCUT2D eigenvalue weighted by Crippen LogP contribution is 2.39. The smallest absolute Gasteiger partial charge is 0.233 e. The number of carboxylic acids is 1. The van der Waals surface area contributed by atoms with Gasteiger partial charge in [0.1, 0.15) is 0 Å². The number of carboxylic acid groups (broad SMARTS) is 1. The number of rotatable bonds is 15. The van der Waals surface area contributed by atoms with Crippen molar-refractivity contribution in [3.8, 4) is 0 Å². The van der Waals surface area contributed by atoms with Gasteiger partial charge in [0.15, 0.2) is 0 Å². The van der Waals surface area contributed by atoms with Crippen molar-refractivity contribution in [1.29, 1.82) is 0 Å². The topological polar surface area (TPSA) is 164 Å². The van der Waals surface area contributed by atoms with Gasteiger partial charge in [0.2, 0.25) is 17.7 Å². The number of amides is 3. The van der Waals surface area contributed by atoms with Crippen LogP contribution in [0.1, 0.15) is 164 Å². The van der Waals surface area contributed by atoms with Crippen LogP contribution in [0.4, 0.5) is 0 Å². The molecule has 0 bridgehead atoms. The van der Waals surface area contributed by atoms with Crippen molar-refractivity contribution >= 4 is 23.7 Å². The van der Waals surface area contributed by atoms with Crippen LogP contribution in [0.2, 0.25) is 0 Å². The van der Waals surface area contributed by atoms with Crippen molar-refractivity contribution in [2.24, 2.45) is 23.7 Å². The lowest BCUT2D eigenvalue weighted by Crippen LogP contribution is -2.44. The van der Waals surface area contributed by atoms with Gasteiger partial charge in [-0.05, 0) is 35.8 Å². The summed E-state index contributed by atoms with van der Waals surface area (Å²) in [5.74, 6) is -3.76. The molecule has 6 atom stereocenters. The van der Waals surface area contributed by atoms with E-state index in [0.717, 1.165) is 28.9 Å². The third kappa shape index (κ3) is 19.9. The number of benzene rings is 2. The molecule has 11 heteroatoms. The maximum atomic E-state index is 12.9. The Hall–Kier alpha value is -5.06. The predicted octanol–water partition coefficient (Wildman–Crippen LogP) is 11.7. The molecular formula is C50H95N6O5-. The van der Waals surface area contributed by atoms with Crippen molar-refractivity contribution in [3.05, 3.63) is 108 Å². The first-order valence-electron chi connectivity index (χ1n) is 17.1. The molecule has 3 N–H and O–H groups in total. The van der Waals surface area contributed by atoms with E-state index in [1.165, 1.54) is 4.90 Å². The van der Waals surface area contributed by atoms with Gasteiger partial charge in [-0.2, -0.15) is 0 Å². The largest absolute Gasteiger partial charge is 0.550 e. The van der Waals surface area contributed by atoms with Crippen LogP contribution in [0, 0.1) is 23.7 Å². The number of aromatic amines is 2. The molecule has 1 aliphatic rings. The lowest BCUT2D eigenvalue weighted by atomic mass is 9.76. The van der Waals surface area contributed by atoms with E-state index in [1.54, 1.807) is 32.0 Å². The fourth-order valence-electron chi connectivity index (χ4n) is 6.86. The fraction of sp³-hybridized carbons (Fsp3) is 0.560. The van der Waals surface area contributed by atoms with Crippen LogP contribution in [0.15, 0.2) is 85.7 Å². The minimum Gasteiger partial charge on any atom is -0.550 e. The Morgan fingerprint density at radius 2 is 1.16 bits per heavy atom. The lowest BCUT2D eigenvalue weighted by Gasteiger charge is -2.31. The van der Waals surface area contributed by atoms with Gasteiger partial charge >= 0.3 is 0 Å². The third-order valence-electron chi connectivity index (χ3n) is 9.57. The van der Waals surface area contributed by atoms with Crippen molar-refractivity contribution in [3.63, 3.8) is 0 Å². The average molecular weight is 860 g/mol. The van der Waals surface area contributed by atoms with E-state index in [2.05, 4.69) is 32.2 Å². The van der Waals surface area contributed by atoms with E-state index in [1.807, 2.05) is 74.5 Å². The van der Waals surface area contributed by atoms with E-state index in [9.17, 15) is 24.3 Å². The second kappa shape index (κ2) is 37.9. The normalized spacial score (nSPS) is 14.7. The van der Waals surface area contributed by atoms with E-state index in [4.69, 9.17) is 0 Å². The highest BCUT2D eigenvalue weighted by atomic mass is 16.4. The first-order valence-corrected chi connectivity index (χ1v) is 17.1. The molecule has 3 heterocycles. The zero-order valence-electron chi connectivity index (χ0n) is 28.7. The maximum absolute atomic E-state index is 12.9. The summed E-state index contributed by atoms with van der Waals surface area (Å²) in [6.07, 6.45) is 9.35. The highest BCUT2D eigenvalue weighted by Gasteiger charge is 2.48. The molecule has 6 unspecified atom stereocenters. The van der Waals surface area contributed by atoms with Crippen molar-refractivity contribution < 1.29 is 24.3 Å². The Bertz CT molecular complexity index is 1610. The molecule has 1 fully saturated rings. The molecule has 356 valence electrons. The second-order valence-electron chi connectivity index (χ2n) is 12.6. The summed E-state index contributed by atoms with van der Waals surface area (Å²) in [5, 5.41) is 14.3. The minimum atomic E-state index is -1.21. The number of imidazole rings is 2. The Balaban J connectivity index is -0.000000106. The van der Waals surface area contributed by atoms with Gasteiger partial charge in [0.05, 0.1) is 24.5 Å². The summed E-state index contributed by atoms with van der Waals surface area (Å²) in [4.78, 5) is 65.1. The van der Waals surface area contributed by atoms with Crippen LogP contribution in [-0.4, -0.2) is 61.6 Å². The molecule has 1 saturated heterocycles. The van der Waals surface area contributed by atoms with Crippen LogP contribution in [0.3, 0.4) is 0 Å². The van der Waals surface area contributed by atoms with Crippen LogP contribution in [0.5, 0.6) is 0 Å². The van der Waals surface area contributed by atoms with Gasteiger partial charge < -0.3 is 25.2 Å². The Kier molecular flexibility index (Phi) is 47.6. The van der Waals surface area contributed by atoms with Crippen molar-refractivity contribution in [2.45, 2.75) is 154 Å². The molecule has 2 aromatic carbocycles. The van der Waals surface area contributed by atoms with Gasteiger partial charge in [-0.3, -0.25) is 19.3 Å². The zero-order valence-corrected chi connectivity index (χ0v) is 28.7. The molecule has 0 aliphatic carbocycles. The molecule has 2 aromatic heterocycles. The summed E-state index contributed by atoms with van der Waals surface area (Å²) in [6, 6.07) is 19.6. The Morgan fingerprint density at radius 1 is 0.705 bits per heavy atom. The van der Waals surface area contributed by atoms with Gasteiger partial charge in [-0.25, -0.2) is 9.97 Å². The van der Waals surface area contributed by atoms with Gasteiger partial charge in [-0.15, -0.1) is 0 Å². The molecule has 3 amide bonds. The number of H-pyrrole nitrogens is 2. The van der Waals surface area contributed by atoms with E-state index >= 15 is 0 Å². The van der Waals surface area contributed by atoms with Crippen LogP contribution in [-0.2, 0) is 32.0 Å². The lowest BCUT2D eigenvalue weighted by molar-refractivity contribution is -0.312. The highest BCUT2D eigenvalue weighted by molar-refractivity contribution is 6.05. The average Bonchev–Trinajstić information content (AvgIpc) is 3.88. The molecule has 4 aromatic rings. The summed E-state index contributed by atoms with van der Waals surface area (Å²) in [7, 11) is 0. The summed E-state index contributed by atoms with van der Waals surface area (Å²) < 4.78 is 0. The standard InChI is InChI=1S/C19H25N3O3.C19H23N3O2.12CH4/c1-3-16(14-7-5-4-6-8-14)17(13(2)19(24)25)18(23)21-10-9-15-11-20-12-22-15;1-3-16(14-7-5-4-6-8-14)17-13(2)18(23)22(19(17)24)10-9-15-11-20-12-21-15;;;;;;;;;;;;/h4-8,11-13,16-17H,3,9-10H2,1-2H3,(H,20,22)(H,21,23)(H,24,25);4-8,11-13,16-17H,3,9-10H2,1-2H3,(H,20,21);12*1H4/p-1. The number of aliphatic carboxylic acids is 1. The number of carbonyl (C=O) groups is 4. The first kappa shape index (κ1) is 76.6. The van der Waals surface area contributed by atoms with E-state index < -0.39 is 17.8 Å². The first-order chi connectivity index (χ1) is 23.7. The Labute approximate surface area is 376 Å². The number of carbonyl (C=O) groups excluding carboxylic acids is 4. The van der Waals surface area contributed by atoms with Crippen molar-refractivity contribution in [2.75, 3.05) is 13.1 Å². The summed E-state index contributed by atoms with van der Waals surface area (Å²) in [5.41, 5.74) is 3.95. The molecule has 0 saturated carbocycles. The number of nitrogens with zero attached hydrogens (tertiary/aromatic N) is 3. The zero-order chi connectivity index (χ0) is 35.3. The monoisotopic (exact) mass is 860 g/mol. The molecular weight excluding hydrogens is 765 g/mol. The SMILES string of the molecule is C.C.C.C.C.C.C.C.C.C.C.C.CCC(c1ccccc1)C(C(=O)NCCc1cnc[nH]1)C(C)C(=O)[O-].CCC(c1ccccc1)C1C(=O)N(CCc2cnc[nH]2)C(=O)C1C. The van der Waals surface area contributed by atoms with E-state index in [-0.39, 0.29) is 131 Å². The molecule has 5 rings (SSSR count). The van der Waals surface area contributed by atoms with E-state index in [0.29, 0.717) is 32.4 Å². The number of nitrogens with one attached hydrogen (secondary N) is 3. The summed E-state index contributed by atoms with van der Waals surface area (Å²) in [6.45, 7) is 8.29. The number of aromatic nitrogens is 4. The third-order valence-corrected chi connectivity index (χ3v) is 9.57. The minimum absolute atomic E-state index is 0. The molecule has 0 radical (unpaired) electrons. The van der Waals surface area contributed by atoms with Crippen molar-refractivity contribution in [1.82, 2.24) is 30.2 Å². The Morgan fingerprint density at radius 3 is 1.57 bits per heavy atom. The molecule has 0 spiro atoms. The van der Waals surface area contributed by atoms with Gasteiger partial charge in [0.25, 0.3) is 0 Å². The fourth-order valence-corrected chi connectivity index (χ4v) is 6.86. The quantitative estimate of drug-likeness (QED) is 0.100. The maximum Gasteiger partial charge on any atom is 0.233 e.